The lowest BCUT2D eigenvalue weighted by Crippen LogP contribution is -1.98. The summed E-state index contributed by atoms with van der Waals surface area (Å²) in [6.07, 6.45) is 1.68. The number of benzene rings is 2. The van der Waals surface area contributed by atoms with E-state index < -0.39 is 11.6 Å². The fourth-order valence-electron chi connectivity index (χ4n) is 2.05. The second kappa shape index (κ2) is 5.17. The number of nitrogens with zero attached hydrogens (tertiary/aromatic N) is 2. The van der Waals surface area contributed by atoms with Crippen LogP contribution in [0.2, 0.25) is 0 Å². The van der Waals surface area contributed by atoms with Gasteiger partial charge in [0.1, 0.15) is 5.69 Å². The first-order valence-electron chi connectivity index (χ1n) is 6.18. The molecule has 3 rings (SSSR count). The molecule has 21 heavy (non-hydrogen) atoms. The fourth-order valence-corrected chi connectivity index (χ4v) is 2.05. The van der Waals surface area contributed by atoms with Gasteiger partial charge in [-0.15, -0.1) is 0 Å². The summed E-state index contributed by atoms with van der Waals surface area (Å²) in [7, 11) is 0. The molecule has 1 N–H and O–H groups in total. The molecular weight excluding hydrogens is 272 g/mol. The Labute approximate surface area is 119 Å². The van der Waals surface area contributed by atoms with Gasteiger partial charge in [-0.1, -0.05) is 6.07 Å². The number of hydrogen-bond acceptors (Lipinski definition) is 3. The highest BCUT2D eigenvalue weighted by molar-refractivity contribution is 5.83. The maximum absolute atomic E-state index is 13.8. The Balaban J connectivity index is 2.01. The smallest absolute Gasteiger partial charge is 0.150 e. The van der Waals surface area contributed by atoms with Crippen LogP contribution in [0.25, 0.3) is 10.9 Å². The van der Waals surface area contributed by atoms with Gasteiger partial charge in [0.2, 0.25) is 0 Å². The minimum Gasteiger partial charge on any atom is -0.351 e. The Morgan fingerprint density at radius 2 is 1.81 bits per heavy atom. The molecule has 0 atom stereocenters. The number of pyridine rings is 1. The molecule has 0 aliphatic carbocycles. The molecule has 3 nitrogen and oxygen atoms in total. The van der Waals surface area contributed by atoms with Gasteiger partial charge in [-0.25, -0.2) is 8.78 Å². The first kappa shape index (κ1) is 13.0. The second-order valence-electron chi connectivity index (χ2n) is 4.46. The van der Waals surface area contributed by atoms with Gasteiger partial charge in [0.25, 0.3) is 0 Å². The topological polar surface area (TPSA) is 48.7 Å². The van der Waals surface area contributed by atoms with E-state index in [4.69, 9.17) is 5.26 Å². The van der Waals surface area contributed by atoms with Crippen LogP contribution in [0.1, 0.15) is 5.56 Å². The number of nitriles is 1. The Morgan fingerprint density at radius 3 is 2.52 bits per heavy atom. The van der Waals surface area contributed by atoms with Crippen molar-refractivity contribution in [1.82, 2.24) is 4.98 Å². The van der Waals surface area contributed by atoms with Gasteiger partial charge in [0.15, 0.2) is 11.6 Å². The van der Waals surface area contributed by atoms with E-state index in [2.05, 4.69) is 10.3 Å². The van der Waals surface area contributed by atoms with Crippen molar-refractivity contribution >= 4 is 22.3 Å². The van der Waals surface area contributed by atoms with Crippen LogP contribution < -0.4 is 5.32 Å². The fraction of sp³-hybridized carbons (Fsp3) is 0. The van der Waals surface area contributed by atoms with Gasteiger partial charge < -0.3 is 5.32 Å². The van der Waals surface area contributed by atoms with Crippen molar-refractivity contribution in [1.29, 1.82) is 5.26 Å². The van der Waals surface area contributed by atoms with E-state index in [0.717, 1.165) is 23.0 Å². The predicted molar refractivity (Wildman–Crippen MR) is 76.1 cm³/mol. The molecule has 1 heterocycles. The number of halogens is 2. The molecule has 0 aliphatic heterocycles. The lowest BCUT2D eigenvalue weighted by atomic mass is 10.1. The Morgan fingerprint density at radius 1 is 1.05 bits per heavy atom. The van der Waals surface area contributed by atoms with Crippen LogP contribution in [0.5, 0.6) is 0 Å². The van der Waals surface area contributed by atoms with Gasteiger partial charge in [-0.3, -0.25) is 4.98 Å². The summed E-state index contributed by atoms with van der Waals surface area (Å²) in [6, 6.07) is 12.5. The molecule has 3 aromatic rings. The third-order valence-corrected chi connectivity index (χ3v) is 3.04. The summed E-state index contributed by atoms with van der Waals surface area (Å²) >= 11 is 0. The molecule has 0 unspecified atom stereocenters. The SMILES string of the molecule is N#Cc1cc(F)c(Nc2ccc3ncccc3c2)c(F)c1. The minimum atomic E-state index is -0.808. The van der Waals surface area contributed by atoms with Gasteiger partial charge >= 0.3 is 0 Å². The highest BCUT2D eigenvalue weighted by atomic mass is 19.1. The lowest BCUT2D eigenvalue weighted by molar-refractivity contribution is 0.590. The molecule has 5 heteroatoms. The third kappa shape index (κ3) is 2.51. The average Bonchev–Trinajstić information content (AvgIpc) is 2.50. The van der Waals surface area contributed by atoms with Crippen LogP contribution in [0, 0.1) is 23.0 Å². The number of fused-ring (bicyclic) bond motifs is 1. The van der Waals surface area contributed by atoms with Crippen LogP contribution in [0.15, 0.2) is 48.7 Å². The molecule has 2 aromatic carbocycles. The van der Waals surface area contributed by atoms with Gasteiger partial charge in [0.05, 0.1) is 17.1 Å². The molecule has 0 saturated heterocycles. The van der Waals surface area contributed by atoms with Crippen molar-refractivity contribution in [3.8, 4) is 6.07 Å². The summed E-state index contributed by atoms with van der Waals surface area (Å²) < 4.78 is 27.7. The number of nitrogens with one attached hydrogen (secondary N) is 1. The molecule has 102 valence electrons. The Hall–Kier alpha value is -3.00. The molecule has 0 aliphatic rings. The van der Waals surface area contributed by atoms with Crippen LogP contribution in [-0.2, 0) is 0 Å². The molecule has 0 spiro atoms. The maximum atomic E-state index is 13.8. The molecule has 0 bridgehead atoms. The summed E-state index contributed by atoms with van der Waals surface area (Å²) in [4.78, 5) is 4.18. The lowest BCUT2D eigenvalue weighted by Gasteiger charge is -2.10. The van der Waals surface area contributed by atoms with Gasteiger partial charge in [-0.2, -0.15) is 5.26 Å². The molecule has 0 saturated carbocycles. The Kier molecular flexibility index (Phi) is 3.20. The summed E-state index contributed by atoms with van der Waals surface area (Å²) in [5.74, 6) is -1.62. The van der Waals surface area contributed by atoms with Gasteiger partial charge in [0, 0.05) is 17.3 Å². The van der Waals surface area contributed by atoms with Gasteiger partial charge in [-0.05, 0) is 36.4 Å². The predicted octanol–water partition coefficient (Wildman–Crippen LogP) is 4.13. The molecule has 0 fully saturated rings. The van der Waals surface area contributed by atoms with E-state index in [1.165, 1.54) is 0 Å². The van der Waals surface area contributed by atoms with Crippen LogP contribution >= 0.6 is 0 Å². The second-order valence-corrected chi connectivity index (χ2v) is 4.46. The van der Waals surface area contributed by atoms with Crippen LogP contribution in [0.3, 0.4) is 0 Å². The zero-order valence-corrected chi connectivity index (χ0v) is 10.8. The quantitative estimate of drug-likeness (QED) is 0.768. The Bertz CT molecular complexity index is 846. The van der Waals surface area contributed by atoms with E-state index >= 15 is 0 Å². The van der Waals surface area contributed by atoms with Crippen molar-refractivity contribution in [3.05, 3.63) is 65.9 Å². The average molecular weight is 281 g/mol. The minimum absolute atomic E-state index is 0.0572. The van der Waals surface area contributed by atoms with Crippen LogP contribution in [0.4, 0.5) is 20.2 Å². The molecular formula is C16H9F2N3. The zero-order valence-electron chi connectivity index (χ0n) is 10.8. The number of anilines is 2. The highest BCUT2D eigenvalue weighted by Crippen LogP contribution is 2.26. The van der Waals surface area contributed by atoms with Crippen molar-refractivity contribution in [2.45, 2.75) is 0 Å². The van der Waals surface area contributed by atoms with Crippen molar-refractivity contribution < 1.29 is 8.78 Å². The standard InChI is InChI=1S/C16H9F2N3/c17-13-6-10(9-19)7-14(18)16(13)21-12-3-4-15-11(8-12)2-1-5-20-15/h1-8,21H. The summed E-state index contributed by atoms with van der Waals surface area (Å²) in [5.41, 5.74) is 0.998. The van der Waals surface area contributed by atoms with Crippen molar-refractivity contribution in [3.63, 3.8) is 0 Å². The maximum Gasteiger partial charge on any atom is 0.150 e. The van der Waals surface area contributed by atoms with Crippen LogP contribution in [-0.4, -0.2) is 4.98 Å². The van der Waals surface area contributed by atoms with Crippen molar-refractivity contribution in [2.75, 3.05) is 5.32 Å². The number of rotatable bonds is 2. The monoisotopic (exact) mass is 281 g/mol. The van der Waals surface area contributed by atoms with Crippen molar-refractivity contribution in [2.24, 2.45) is 0 Å². The highest BCUT2D eigenvalue weighted by Gasteiger charge is 2.11. The summed E-state index contributed by atoms with van der Waals surface area (Å²) in [6.45, 7) is 0. The first-order chi connectivity index (χ1) is 10.2. The number of aromatic nitrogens is 1. The van der Waals surface area contributed by atoms with E-state index in [1.54, 1.807) is 36.5 Å². The van der Waals surface area contributed by atoms with E-state index in [1.807, 2.05) is 6.07 Å². The largest absolute Gasteiger partial charge is 0.351 e. The number of hydrogen-bond donors (Lipinski definition) is 1. The zero-order chi connectivity index (χ0) is 14.8. The molecule has 1 aromatic heterocycles. The van der Waals surface area contributed by atoms with E-state index in [-0.39, 0.29) is 11.3 Å². The molecule has 0 amide bonds. The third-order valence-electron chi connectivity index (χ3n) is 3.04. The van der Waals surface area contributed by atoms with E-state index in [0.29, 0.717) is 5.69 Å². The normalized spacial score (nSPS) is 10.3. The first-order valence-corrected chi connectivity index (χ1v) is 6.18. The van der Waals surface area contributed by atoms with E-state index in [9.17, 15) is 8.78 Å². The molecule has 0 radical (unpaired) electrons. The summed E-state index contributed by atoms with van der Waals surface area (Å²) in [5, 5.41) is 12.2.